The van der Waals surface area contributed by atoms with Gasteiger partial charge < -0.3 is 5.32 Å². The molecule has 17 heavy (non-hydrogen) atoms. The minimum atomic E-state index is 0.287. The van der Waals surface area contributed by atoms with Gasteiger partial charge >= 0.3 is 0 Å². The second-order valence-corrected chi connectivity index (χ2v) is 5.63. The predicted octanol–water partition coefficient (Wildman–Crippen LogP) is 2.76. The molecule has 0 saturated heterocycles. The summed E-state index contributed by atoms with van der Waals surface area (Å²) in [6, 6.07) is 0. The molecule has 0 fully saturated rings. The zero-order valence-corrected chi connectivity index (χ0v) is 11.7. The van der Waals surface area contributed by atoms with Crippen molar-refractivity contribution in [2.45, 2.75) is 33.6 Å². The molecule has 4 heteroatoms. The van der Waals surface area contributed by atoms with E-state index < -0.39 is 0 Å². The van der Waals surface area contributed by atoms with Crippen LogP contribution >= 0.6 is 12.2 Å². The summed E-state index contributed by atoms with van der Waals surface area (Å²) in [6.07, 6.45) is 6.00. The zero-order valence-electron chi connectivity index (χ0n) is 10.8. The van der Waals surface area contributed by atoms with Crippen molar-refractivity contribution < 1.29 is 0 Å². The van der Waals surface area contributed by atoms with E-state index in [0.29, 0.717) is 11.7 Å². The topological polar surface area (TPSA) is 36.4 Å². The molecule has 0 radical (unpaired) electrons. The summed E-state index contributed by atoms with van der Waals surface area (Å²) < 4.78 is 0. The Hall–Kier alpha value is -1.16. The zero-order chi connectivity index (χ0) is 12.9. The van der Waals surface area contributed by atoms with Crippen LogP contribution in [0.4, 0.5) is 0 Å². The molecule has 1 aliphatic rings. The molecule has 0 aromatic rings. The van der Waals surface area contributed by atoms with E-state index in [0.717, 1.165) is 18.6 Å². The molecule has 1 aliphatic carbocycles. The van der Waals surface area contributed by atoms with Crippen LogP contribution in [0.5, 0.6) is 0 Å². The van der Waals surface area contributed by atoms with Crippen LogP contribution in [0.25, 0.3) is 0 Å². The predicted molar refractivity (Wildman–Crippen MR) is 78.1 cm³/mol. The van der Waals surface area contributed by atoms with Crippen molar-refractivity contribution in [3.8, 4) is 0 Å². The summed E-state index contributed by atoms with van der Waals surface area (Å²) in [7, 11) is 0. The van der Waals surface area contributed by atoms with Crippen LogP contribution in [0.1, 0.15) is 33.6 Å². The number of nitrogens with zero attached hydrogens (tertiary/aromatic N) is 1. The van der Waals surface area contributed by atoms with Crippen molar-refractivity contribution in [2.75, 3.05) is 6.54 Å². The molecule has 0 aromatic carbocycles. The number of thiocarbonyl (C=S) groups is 1. The molecule has 0 amide bonds. The van der Waals surface area contributed by atoms with E-state index in [1.807, 2.05) is 0 Å². The lowest BCUT2D eigenvalue weighted by molar-refractivity contribution is 0.373. The number of hydrazone groups is 1. The van der Waals surface area contributed by atoms with E-state index in [4.69, 9.17) is 12.2 Å². The highest BCUT2D eigenvalue weighted by Crippen LogP contribution is 2.33. The molecule has 3 nitrogen and oxygen atoms in total. The Morgan fingerprint density at radius 1 is 1.59 bits per heavy atom. The molecule has 0 spiro atoms. The smallest absolute Gasteiger partial charge is 0.187 e. The van der Waals surface area contributed by atoms with E-state index in [1.165, 1.54) is 5.57 Å². The van der Waals surface area contributed by atoms with Gasteiger partial charge in [-0.1, -0.05) is 25.5 Å². The number of nitrogens with one attached hydrogen (secondary N) is 2. The molecule has 1 rings (SSSR count). The van der Waals surface area contributed by atoms with Crippen LogP contribution in [-0.2, 0) is 0 Å². The maximum absolute atomic E-state index is 5.08. The molecule has 0 saturated carbocycles. The van der Waals surface area contributed by atoms with Gasteiger partial charge in [-0.15, -0.1) is 6.58 Å². The van der Waals surface area contributed by atoms with Crippen molar-refractivity contribution in [2.24, 2.45) is 10.5 Å². The number of hydrogen-bond donors (Lipinski definition) is 2. The molecule has 0 unspecified atom stereocenters. The van der Waals surface area contributed by atoms with Gasteiger partial charge in [0.05, 0.1) is 5.71 Å². The van der Waals surface area contributed by atoms with Crippen LogP contribution in [0.2, 0.25) is 0 Å². The van der Waals surface area contributed by atoms with E-state index in [2.05, 4.69) is 49.3 Å². The Morgan fingerprint density at radius 3 is 2.88 bits per heavy atom. The highest BCUT2D eigenvalue weighted by Gasteiger charge is 2.24. The van der Waals surface area contributed by atoms with Crippen molar-refractivity contribution in [3.05, 3.63) is 24.3 Å². The fraction of sp³-hybridized carbons (Fsp3) is 0.538. The summed E-state index contributed by atoms with van der Waals surface area (Å²) in [5.74, 6) is 0. The quantitative estimate of drug-likeness (QED) is 0.460. The van der Waals surface area contributed by atoms with Crippen molar-refractivity contribution >= 4 is 23.0 Å². The summed E-state index contributed by atoms with van der Waals surface area (Å²) in [5, 5.41) is 7.85. The van der Waals surface area contributed by atoms with Crippen LogP contribution in [0.15, 0.2) is 29.4 Å². The van der Waals surface area contributed by atoms with E-state index in [-0.39, 0.29) is 5.41 Å². The summed E-state index contributed by atoms with van der Waals surface area (Å²) in [4.78, 5) is 0. The van der Waals surface area contributed by atoms with Gasteiger partial charge in [-0.2, -0.15) is 5.10 Å². The van der Waals surface area contributed by atoms with Gasteiger partial charge in [0.25, 0.3) is 0 Å². The maximum atomic E-state index is 5.08. The van der Waals surface area contributed by atoms with E-state index >= 15 is 0 Å². The molecule has 0 bridgehead atoms. The second kappa shape index (κ2) is 5.96. The number of rotatable bonds is 3. The average molecular weight is 251 g/mol. The summed E-state index contributed by atoms with van der Waals surface area (Å²) in [6.45, 7) is 10.9. The number of allylic oxidation sites excluding steroid dienone is 2. The Bertz CT molecular complexity index is 367. The van der Waals surface area contributed by atoms with Crippen molar-refractivity contribution in [1.29, 1.82) is 0 Å². The second-order valence-electron chi connectivity index (χ2n) is 5.22. The molecule has 0 heterocycles. The monoisotopic (exact) mass is 251 g/mol. The summed E-state index contributed by atoms with van der Waals surface area (Å²) >= 11 is 5.08. The molecule has 0 aliphatic heterocycles. The van der Waals surface area contributed by atoms with Gasteiger partial charge in [-0.05, 0) is 43.5 Å². The minimum Gasteiger partial charge on any atom is -0.358 e. The van der Waals surface area contributed by atoms with Crippen LogP contribution in [0.3, 0.4) is 0 Å². The van der Waals surface area contributed by atoms with Gasteiger partial charge in [-0.3, -0.25) is 5.43 Å². The third kappa shape index (κ3) is 5.13. The first-order valence-electron chi connectivity index (χ1n) is 5.81. The lowest BCUT2D eigenvalue weighted by Gasteiger charge is -2.29. The van der Waals surface area contributed by atoms with Gasteiger partial charge in [0.1, 0.15) is 0 Å². The molecular formula is C13H21N3S. The van der Waals surface area contributed by atoms with Crippen molar-refractivity contribution in [1.82, 2.24) is 10.7 Å². The van der Waals surface area contributed by atoms with Gasteiger partial charge in [0.2, 0.25) is 0 Å². The van der Waals surface area contributed by atoms with Crippen LogP contribution in [0, 0.1) is 5.41 Å². The SMILES string of the molecule is C=CCNC(=S)N/N=C1\C=C(C)CC(C)(C)C1. The van der Waals surface area contributed by atoms with Gasteiger partial charge in [-0.25, -0.2) is 0 Å². The first kappa shape index (κ1) is 13.9. The van der Waals surface area contributed by atoms with Gasteiger partial charge in [0.15, 0.2) is 5.11 Å². The first-order chi connectivity index (χ1) is 7.93. The Labute approximate surface area is 109 Å². The fourth-order valence-electron chi connectivity index (χ4n) is 2.09. The maximum Gasteiger partial charge on any atom is 0.187 e. The summed E-state index contributed by atoms with van der Waals surface area (Å²) in [5.41, 5.74) is 5.57. The Morgan fingerprint density at radius 2 is 2.29 bits per heavy atom. The standard InChI is InChI=1S/C13H21N3S/c1-5-6-14-12(17)16-15-11-7-10(2)8-13(3,4)9-11/h5,7H,1,6,8-9H2,2-4H3,(H2,14,16,17)/b15-11+. The molecule has 94 valence electrons. The Kier molecular flexibility index (Phi) is 4.87. The lowest BCUT2D eigenvalue weighted by atomic mass is 9.77. The largest absolute Gasteiger partial charge is 0.358 e. The third-order valence-corrected chi connectivity index (χ3v) is 2.77. The fourth-order valence-corrected chi connectivity index (χ4v) is 2.22. The first-order valence-corrected chi connectivity index (χ1v) is 6.22. The van der Waals surface area contributed by atoms with E-state index in [1.54, 1.807) is 6.08 Å². The lowest BCUT2D eigenvalue weighted by Crippen LogP contribution is -2.33. The average Bonchev–Trinajstić information content (AvgIpc) is 2.20. The molecule has 0 atom stereocenters. The highest BCUT2D eigenvalue weighted by atomic mass is 32.1. The third-order valence-electron chi connectivity index (χ3n) is 2.54. The normalized spacial score (nSPS) is 20.6. The van der Waals surface area contributed by atoms with Gasteiger partial charge in [0, 0.05) is 6.54 Å². The number of hydrogen-bond acceptors (Lipinski definition) is 2. The minimum absolute atomic E-state index is 0.287. The van der Waals surface area contributed by atoms with E-state index in [9.17, 15) is 0 Å². The van der Waals surface area contributed by atoms with Crippen molar-refractivity contribution in [3.63, 3.8) is 0 Å². The Balaban J connectivity index is 2.57. The van der Waals surface area contributed by atoms with Crippen LogP contribution < -0.4 is 10.7 Å². The van der Waals surface area contributed by atoms with Crippen LogP contribution in [-0.4, -0.2) is 17.4 Å². The highest BCUT2D eigenvalue weighted by molar-refractivity contribution is 7.80. The molecule has 2 N–H and O–H groups in total. The molecule has 0 aromatic heterocycles. The molecular weight excluding hydrogens is 230 g/mol.